The Labute approximate surface area is 117 Å². The van der Waals surface area contributed by atoms with Gasteiger partial charge in [0.15, 0.2) is 0 Å². The quantitative estimate of drug-likeness (QED) is 0.818. The Morgan fingerprint density at radius 3 is 2.94 bits per heavy atom. The fourth-order valence-corrected chi connectivity index (χ4v) is 2.53. The first-order chi connectivity index (χ1) is 8.65. The van der Waals surface area contributed by atoms with Gasteiger partial charge in [-0.3, -0.25) is 4.79 Å². The summed E-state index contributed by atoms with van der Waals surface area (Å²) in [5.41, 5.74) is 6.35. The first-order valence-corrected chi connectivity index (χ1v) is 6.82. The third-order valence-electron chi connectivity index (χ3n) is 3.19. The zero-order valence-corrected chi connectivity index (χ0v) is 11.5. The third-order valence-corrected chi connectivity index (χ3v) is 4.02. The summed E-state index contributed by atoms with van der Waals surface area (Å²) in [6.45, 7) is 1.23. The number of carbonyl (C=O) groups excluding carboxylic acids is 1. The van der Waals surface area contributed by atoms with Crippen molar-refractivity contribution in [2.45, 2.75) is 18.8 Å². The summed E-state index contributed by atoms with van der Waals surface area (Å²) in [5.74, 6) is 0.317. The van der Waals surface area contributed by atoms with Crippen LogP contribution in [-0.2, 0) is 4.79 Å². The average Bonchev–Trinajstić information content (AvgIpc) is 3.13. The van der Waals surface area contributed by atoms with Crippen molar-refractivity contribution in [3.05, 3.63) is 33.8 Å². The zero-order chi connectivity index (χ0) is 13.1. The lowest BCUT2D eigenvalue weighted by Crippen LogP contribution is -2.27. The number of rotatable bonds is 5. The van der Waals surface area contributed by atoms with Crippen LogP contribution in [0.5, 0.6) is 0 Å². The molecule has 1 amide bonds. The highest BCUT2D eigenvalue weighted by Gasteiger charge is 2.44. The number of amides is 1. The van der Waals surface area contributed by atoms with E-state index in [1.807, 2.05) is 12.1 Å². The number of hydrogen-bond donors (Lipinski definition) is 2. The van der Waals surface area contributed by atoms with Gasteiger partial charge in [0.1, 0.15) is 0 Å². The van der Waals surface area contributed by atoms with Gasteiger partial charge in [-0.2, -0.15) is 0 Å². The van der Waals surface area contributed by atoms with Crippen molar-refractivity contribution >= 4 is 29.1 Å². The average molecular weight is 287 g/mol. The lowest BCUT2D eigenvalue weighted by atomic mass is 10.1. The molecule has 3 N–H and O–H groups in total. The maximum absolute atomic E-state index is 11.8. The molecule has 0 heterocycles. The molecule has 2 rings (SSSR count). The Hall–Kier alpha value is -0.770. The Kier molecular flexibility index (Phi) is 4.49. The van der Waals surface area contributed by atoms with E-state index in [0.717, 1.165) is 18.4 Å². The highest BCUT2D eigenvalue weighted by Crippen LogP contribution is 2.50. The normalized spacial score (nSPS) is 21.7. The second kappa shape index (κ2) is 5.91. The van der Waals surface area contributed by atoms with Gasteiger partial charge in [-0.05, 0) is 36.9 Å². The molecule has 1 aliphatic rings. The van der Waals surface area contributed by atoms with E-state index in [9.17, 15) is 4.79 Å². The molecule has 5 heteroatoms. The van der Waals surface area contributed by atoms with Gasteiger partial charge in [-0.25, -0.2) is 0 Å². The monoisotopic (exact) mass is 286 g/mol. The van der Waals surface area contributed by atoms with Crippen LogP contribution in [0.2, 0.25) is 10.0 Å². The van der Waals surface area contributed by atoms with Crippen LogP contribution in [0.3, 0.4) is 0 Å². The van der Waals surface area contributed by atoms with Crippen molar-refractivity contribution in [1.82, 2.24) is 5.32 Å². The van der Waals surface area contributed by atoms with E-state index in [0.29, 0.717) is 23.1 Å². The van der Waals surface area contributed by atoms with E-state index in [1.54, 1.807) is 6.07 Å². The number of nitrogens with one attached hydrogen (secondary N) is 1. The second-order valence-electron chi connectivity index (χ2n) is 4.52. The molecule has 0 saturated heterocycles. The minimum absolute atomic E-state index is 0.0266. The molecule has 1 aliphatic carbocycles. The summed E-state index contributed by atoms with van der Waals surface area (Å²) in [6, 6.07) is 5.56. The Morgan fingerprint density at radius 2 is 2.22 bits per heavy atom. The van der Waals surface area contributed by atoms with Crippen LogP contribution in [0.15, 0.2) is 18.2 Å². The van der Waals surface area contributed by atoms with Gasteiger partial charge in [-0.15, -0.1) is 0 Å². The number of benzene rings is 1. The highest BCUT2D eigenvalue weighted by molar-refractivity contribution is 6.42. The molecule has 3 nitrogen and oxygen atoms in total. The number of hydrogen-bond acceptors (Lipinski definition) is 2. The predicted molar refractivity (Wildman–Crippen MR) is 74.0 cm³/mol. The molecule has 98 valence electrons. The summed E-state index contributed by atoms with van der Waals surface area (Å²) < 4.78 is 0. The molecule has 0 spiro atoms. The molecule has 0 bridgehead atoms. The molecule has 2 unspecified atom stereocenters. The fourth-order valence-electron chi connectivity index (χ4n) is 2.08. The Morgan fingerprint density at radius 1 is 1.44 bits per heavy atom. The van der Waals surface area contributed by atoms with Gasteiger partial charge in [0, 0.05) is 12.5 Å². The van der Waals surface area contributed by atoms with Crippen LogP contribution in [-0.4, -0.2) is 19.0 Å². The summed E-state index contributed by atoms with van der Waals surface area (Å²) in [7, 11) is 0. The summed E-state index contributed by atoms with van der Waals surface area (Å²) in [5, 5.41) is 4.00. The van der Waals surface area contributed by atoms with E-state index in [1.165, 1.54) is 0 Å². The smallest absolute Gasteiger partial charge is 0.223 e. The molecule has 1 aromatic carbocycles. The van der Waals surface area contributed by atoms with Crippen molar-refractivity contribution in [2.24, 2.45) is 11.7 Å². The van der Waals surface area contributed by atoms with E-state index in [-0.39, 0.29) is 17.7 Å². The largest absolute Gasteiger partial charge is 0.356 e. The third kappa shape index (κ3) is 2.97. The molecule has 1 saturated carbocycles. The van der Waals surface area contributed by atoms with Crippen LogP contribution in [0.1, 0.15) is 24.3 Å². The van der Waals surface area contributed by atoms with Crippen molar-refractivity contribution in [1.29, 1.82) is 0 Å². The topological polar surface area (TPSA) is 55.1 Å². The van der Waals surface area contributed by atoms with Crippen LogP contribution in [0, 0.1) is 5.92 Å². The van der Waals surface area contributed by atoms with Crippen molar-refractivity contribution in [3.63, 3.8) is 0 Å². The Bertz CT molecular complexity index is 451. The van der Waals surface area contributed by atoms with Gasteiger partial charge in [0.05, 0.1) is 10.0 Å². The predicted octanol–water partition coefficient (Wildman–Crippen LogP) is 2.56. The van der Waals surface area contributed by atoms with Crippen molar-refractivity contribution in [2.75, 3.05) is 13.1 Å². The lowest BCUT2D eigenvalue weighted by molar-refractivity contribution is -0.122. The molecule has 1 aromatic rings. The number of nitrogens with two attached hydrogens (primary N) is 1. The van der Waals surface area contributed by atoms with Gasteiger partial charge < -0.3 is 11.1 Å². The molecular weight excluding hydrogens is 271 g/mol. The van der Waals surface area contributed by atoms with Crippen LogP contribution in [0.25, 0.3) is 0 Å². The minimum Gasteiger partial charge on any atom is -0.356 e. The van der Waals surface area contributed by atoms with E-state index < -0.39 is 0 Å². The zero-order valence-electron chi connectivity index (χ0n) is 9.96. The molecule has 2 atom stereocenters. The SMILES string of the molecule is NCCCNC(=O)C1CC1c1cccc(Cl)c1Cl. The second-order valence-corrected chi connectivity index (χ2v) is 5.31. The minimum atomic E-state index is 0.0266. The van der Waals surface area contributed by atoms with Crippen molar-refractivity contribution in [3.8, 4) is 0 Å². The summed E-state index contributed by atoms with van der Waals surface area (Å²) >= 11 is 12.1. The van der Waals surface area contributed by atoms with Crippen molar-refractivity contribution < 1.29 is 4.79 Å². The molecular formula is C13H16Cl2N2O. The number of carbonyl (C=O) groups is 1. The van der Waals surface area contributed by atoms with E-state index in [2.05, 4.69) is 5.32 Å². The number of halogens is 2. The van der Waals surface area contributed by atoms with Gasteiger partial charge >= 0.3 is 0 Å². The molecule has 18 heavy (non-hydrogen) atoms. The lowest BCUT2D eigenvalue weighted by Gasteiger charge is -2.06. The molecule has 0 radical (unpaired) electrons. The maximum atomic E-state index is 11.8. The van der Waals surface area contributed by atoms with E-state index in [4.69, 9.17) is 28.9 Å². The highest BCUT2D eigenvalue weighted by atomic mass is 35.5. The molecule has 0 aliphatic heterocycles. The molecule has 1 fully saturated rings. The van der Waals surface area contributed by atoms with Gasteiger partial charge in [-0.1, -0.05) is 35.3 Å². The standard InChI is InChI=1S/C13H16Cl2N2O/c14-11-4-1-3-8(12(11)15)9-7-10(9)13(18)17-6-2-5-16/h1,3-4,9-10H,2,5-7,16H2,(H,17,18). The van der Waals surface area contributed by atoms with Gasteiger partial charge in [0.25, 0.3) is 0 Å². The first-order valence-electron chi connectivity index (χ1n) is 6.07. The summed E-state index contributed by atoms with van der Waals surface area (Å²) in [6.07, 6.45) is 1.65. The van der Waals surface area contributed by atoms with Crippen LogP contribution in [0.4, 0.5) is 0 Å². The van der Waals surface area contributed by atoms with Crippen LogP contribution >= 0.6 is 23.2 Å². The molecule has 0 aromatic heterocycles. The maximum Gasteiger partial charge on any atom is 0.223 e. The first kappa shape index (κ1) is 13.7. The Balaban J connectivity index is 1.94. The van der Waals surface area contributed by atoms with E-state index >= 15 is 0 Å². The van der Waals surface area contributed by atoms with Crippen LogP contribution < -0.4 is 11.1 Å². The van der Waals surface area contributed by atoms with Gasteiger partial charge in [0.2, 0.25) is 5.91 Å². The summed E-state index contributed by atoms with van der Waals surface area (Å²) in [4.78, 5) is 11.8. The fraction of sp³-hybridized carbons (Fsp3) is 0.462.